The van der Waals surface area contributed by atoms with Gasteiger partial charge in [0.25, 0.3) is 0 Å². The molecule has 2 unspecified atom stereocenters. The van der Waals surface area contributed by atoms with Crippen LogP contribution < -0.4 is 0 Å². The predicted molar refractivity (Wildman–Crippen MR) is 55.8 cm³/mol. The van der Waals surface area contributed by atoms with Gasteiger partial charge >= 0.3 is 0 Å². The Hall–Kier alpha value is -0.890. The van der Waals surface area contributed by atoms with E-state index in [2.05, 4.69) is 11.9 Å². The normalized spacial score (nSPS) is 32.0. The van der Waals surface area contributed by atoms with Crippen molar-refractivity contribution in [2.75, 3.05) is 0 Å². The zero-order valence-corrected chi connectivity index (χ0v) is 8.61. The summed E-state index contributed by atoms with van der Waals surface area (Å²) in [5.74, 6) is 0.681. The van der Waals surface area contributed by atoms with Gasteiger partial charge in [0.2, 0.25) is 0 Å². The molecule has 1 aromatic heterocycles. The van der Waals surface area contributed by atoms with Crippen LogP contribution in [-0.2, 0) is 5.60 Å². The van der Waals surface area contributed by atoms with Gasteiger partial charge in [-0.1, -0.05) is 19.4 Å². The lowest BCUT2D eigenvalue weighted by Crippen LogP contribution is -2.21. The molecule has 1 aliphatic rings. The molecule has 0 aliphatic heterocycles. The van der Waals surface area contributed by atoms with Gasteiger partial charge in [-0.05, 0) is 31.2 Å². The molecule has 1 N–H and O–H groups in total. The molecular formula is C12H17NO. The maximum atomic E-state index is 10.4. The van der Waals surface area contributed by atoms with Crippen molar-refractivity contribution in [3.63, 3.8) is 0 Å². The Morgan fingerprint density at radius 2 is 2.50 bits per heavy atom. The molecule has 14 heavy (non-hydrogen) atoms. The third-order valence-corrected chi connectivity index (χ3v) is 3.37. The highest BCUT2D eigenvalue weighted by atomic mass is 16.3. The van der Waals surface area contributed by atoms with Crippen LogP contribution in [-0.4, -0.2) is 10.1 Å². The van der Waals surface area contributed by atoms with Crippen LogP contribution >= 0.6 is 0 Å². The van der Waals surface area contributed by atoms with Gasteiger partial charge in [0, 0.05) is 18.0 Å². The van der Waals surface area contributed by atoms with Crippen molar-refractivity contribution in [2.45, 2.75) is 38.2 Å². The average molecular weight is 191 g/mol. The van der Waals surface area contributed by atoms with Crippen LogP contribution in [0.2, 0.25) is 0 Å². The summed E-state index contributed by atoms with van der Waals surface area (Å²) in [6.45, 7) is 2.19. The maximum Gasteiger partial charge on any atom is 0.0914 e. The van der Waals surface area contributed by atoms with E-state index < -0.39 is 5.60 Å². The standard InChI is InChI=1S/C12H17NO/c1-2-10-5-6-12(14,8-10)11-4-3-7-13-9-11/h3-4,7,9-10,14H,2,5-6,8H2,1H3. The number of aromatic nitrogens is 1. The van der Waals surface area contributed by atoms with Crippen molar-refractivity contribution in [3.05, 3.63) is 30.1 Å². The highest BCUT2D eigenvalue weighted by molar-refractivity contribution is 5.19. The van der Waals surface area contributed by atoms with Gasteiger partial charge < -0.3 is 5.11 Å². The first kappa shape index (κ1) is 9.66. The van der Waals surface area contributed by atoms with Crippen LogP contribution in [0.4, 0.5) is 0 Å². The lowest BCUT2D eigenvalue weighted by atomic mass is 9.92. The minimum atomic E-state index is -0.602. The SMILES string of the molecule is CCC1CCC(O)(c2cccnc2)C1. The number of nitrogens with zero attached hydrogens (tertiary/aromatic N) is 1. The minimum Gasteiger partial charge on any atom is -0.385 e. The van der Waals surface area contributed by atoms with Crippen molar-refractivity contribution in [2.24, 2.45) is 5.92 Å². The summed E-state index contributed by atoms with van der Waals surface area (Å²) >= 11 is 0. The second kappa shape index (κ2) is 3.70. The van der Waals surface area contributed by atoms with Crippen LogP contribution in [0.3, 0.4) is 0 Å². The van der Waals surface area contributed by atoms with Crippen LogP contribution in [0.25, 0.3) is 0 Å². The van der Waals surface area contributed by atoms with E-state index in [4.69, 9.17) is 0 Å². The molecule has 2 nitrogen and oxygen atoms in total. The molecular weight excluding hydrogens is 174 g/mol. The Morgan fingerprint density at radius 1 is 1.64 bits per heavy atom. The molecule has 76 valence electrons. The first-order valence-electron chi connectivity index (χ1n) is 5.37. The van der Waals surface area contributed by atoms with E-state index in [0.29, 0.717) is 5.92 Å². The lowest BCUT2D eigenvalue weighted by Gasteiger charge is -2.22. The van der Waals surface area contributed by atoms with Gasteiger partial charge in [-0.15, -0.1) is 0 Å². The smallest absolute Gasteiger partial charge is 0.0914 e. The fraction of sp³-hybridized carbons (Fsp3) is 0.583. The largest absolute Gasteiger partial charge is 0.385 e. The highest BCUT2D eigenvalue weighted by Gasteiger charge is 2.37. The third-order valence-electron chi connectivity index (χ3n) is 3.37. The third kappa shape index (κ3) is 1.67. The van der Waals surface area contributed by atoms with E-state index in [1.54, 1.807) is 12.4 Å². The number of hydrogen-bond acceptors (Lipinski definition) is 2. The summed E-state index contributed by atoms with van der Waals surface area (Å²) in [5.41, 5.74) is 0.380. The van der Waals surface area contributed by atoms with Gasteiger partial charge in [0.05, 0.1) is 5.60 Å². The zero-order chi connectivity index (χ0) is 10.0. The number of pyridine rings is 1. The molecule has 1 fully saturated rings. The molecule has 0 aromatic carbocycles. The second-order valence-corrected chi connectivity index (χ2v) is 4.29. The van der Waals surface area contributed by atoms with Gasteiger partial charge in [-0.25, -0.2) is 0 Å². The molecule has 0 spiro atoms. The molecule has 2 heteroatoms. The van der Waals surface area contributed by atoms with Crippen LogP contribution in [0.1, 0.15) is 38.2 Å². The van der Waals surface area contributed by atoms with Gasteiger partial charge in [-0.2, -0.15) is 0 Å². The maximum absolute atomic E-state index is 10.4. The quantitative estimate of drug-likeness (QED) is 0.779. The molecule has 1 heterocycles. The molecule has 0 saturated heterocycles. The molecule has 0 bridgehead atoms. The summed E-state index contributed by atoms with van der Waals surface area (Å²) in [7, 11) is 0. The van der Waals surface area contributed by atoms with E-state index in [9.17, 15) is 5.11 Å². The molecule has 2 atom stereocenters. The molecule has 1 aliphatic carbocycles. The highest BCUT2D eigenvalue weighted by Crippen LogP contribution is 2.42. The van der Waals surface area contributed by atoms with E-state index in [1.807, 2.05) is 12.1 Å². The van der Waals surface area contributed by atoms with Crippen molar-refractivity contribution < 1.29 is 5.11 Å². The fourth-order valence-electron chi connectivity index (χ4n) is 2.37. The Kier molecular flexibility index (Phi) is 2.55. The summed E-state index contributed by atoms with van der Waals surface area (Å²) in [6, 6.07) is 3.87. The summed E-state index contributed by atoms with van der Waals surface area (Å²) < 4.78 is 0. The first-order chi connectivity index (χ1) is 6.74. The second-order valence-electron chi connectivity index (χ2n) is 4.29. The van der Waals surface area contributed by atoms with Gasteiger partial charge in [-0.3, -0.25) is 4.98 Å². The Morgan fingerprint density at radius 3 is 3.07 bits per heavy atom. The van der Waals surface area contributed by atoms with E-state index >= 15 is 0 Å². The van der Waals surface area contributed by atoms with E-state index in [1.165, 1.54) is 6.42 Å². The first-order valence-corrected chi connectivity index (χ1v) is 5.37. The average Bonchev–Trinajstić information content (AvgIpc) is 2.63. The summed E-state index contributed by atoms with van der Waals surface area (Å²) in [6.07, 6.45) is 7.63. The molecule has 2 rings (SSSR count). The minimum absolute atomic E-state index is 0.602. The van der Waals surface area contributed by atoms with Crippen molar-refractivity contribution in [1.82, 2.24) is 4.98 Å². The van der Waals surface area contributed by atoms with Crippen molar-refractivity contribution >= 4 is 0 Å². The van der Waals surface area contributed by atoms with Gasteiger partial charge in [0.15, 0.2) is 0 Å². The summed E-state index contributed by atoms with van der Waals surface area (Å²) in [5, 5.41) is 10.4. The molecule has 1 aromatic rings. The van der Waals surface area contributed by atoms with Crippen LogP contribution in [0.5, 0.6) is 0 Å². The Balaban J connectivity index is 2.19. The van der Waals surface area contributed by atoms with E-state index in [-0.39, 0.29) is 0 Å². The zero-order valence-electron chi connectivity index (χ0n) is 8.61. The molecule has 0 amide bonds. The van der Waals surface area contributed by atoms with Crippen LogP contribution in [0.15, 0.2) is 24.5 Å². The summed E-state index contributed by atoms with van der Waals surface area (Å²) in [4.78, 5) is 4.07. The number of aliphatic hydroxyl groups is 1. The molecule has 1 saturated carbocycles. The lowest BCUT2D eigenvalue weighted by molar-refractivity contribution is 0.0395. The van der Waals surface area contributed by atoms with Gasteiger partial charge in [0.1, 0.15) is 0 Å². The number of hydrogen-bond donors (Lipinski definition) is 1. The molecule has 0 radical (unpaired) electrons. The number of rotatable bonds is 2. The Bertz CT molecular complexity index is 298. The van der Waals surface area contributed by atoms with Crippen molar-refractivity contribution in [1.29, 1.82) is 0 Å². The fourth-order valence-corrected chi connectivity index (χ4v) is 2.37. The van der Waals surface area contributed by atoms with E-state index in [0.717, 1.165) is 24.8 Å². The van der Waals surface area contributed by atoms with Crippen molar-refractivity contribution in [3.8, 4) is 0 Å². The monoisotopic (exact) mass is 191 g/mol. The predicted octanol–water partition coefficient (Wildman–Crippen LogP) is 2.48. The van der Waals surface area contributed by atoms with Crippen LogP contribution in [0, 0.1) is 5.92 Å². The topological polar surface area (TPSA) is 33.1 Å². The Labute approximate surface area is 85.0 Å².